The van der Waals surface area contributed by atoms with Crippen LogP contribution in [0, 0.1) is 0 Å². The van der Waals surface area contributed by atoms with E-state index in [1.54, 1.807) is 29.8 Å². The molecule has 0 saturated carbocycles. The number of nitrogens with one attached hydrogen (secondary N) is 1. The Morgan fingerprint density at radius 1 is 0.971 bits per heavy atom. The summed E-state index contributed by atoms with van der Waals surface area (Å²) in [6, 6.07) is 14.9. The van der Waals surface area contributed by atoms with E-state index in [2.05, 4.69) is 4.98 Å². The largest absolute Gasteiger partial charge is 0.450 e. The number of hydrogen-bond donors (Lipinski definition) is 1. The average molecular weight is 461 g/mol. The van der Waals surface area contributed by atoms with E-state index < -0.39 is 12.0 Å². The third kappa shape index (κ3) is 3.59. The SMILES string of the molecule is CCOC(=O)N1CCN(C(=O)C2c3ccccc3C(=O)N(C)C2c2c[nH]c3ccccc23)CC1. The molecule has 0 radical (unpaired) electrons. The first-order valence-corrected chi connectivity index (χ1v) is 11.6. The Labute approximate surface area is 198 Å². The number of piperazine rings is 1. The molecule has 5 rings (SSSR count). The van der Waals surface area contributed by atoms with Crippen molar-refractivity contribution >= 4 is 28.8 Å². The Balaban J connectivity index is 1.52. The lowest BCUT2D eigenvalue weighted by Gasteiger charge is -2.43. The lowest BCUT2D eigenvalue weighted by molar-refractivity contribution is -0.136. The van der Waals surface area contributed by atoms with Crippen molar-refractivity contribution in [2.45, 2.75) is 18.9 Å². The molecular weight excluding hydrogens is 432 g/mol. The number of fused-ring (bicyclic) bond motifs is 2. The molecule has 2 aromatic carbocycles. The number of hydrogen-bond acceptors (Lipinski definition) is 4. The molecule has 3 heterocycles. The van der Waals surface area contributed by atoms with Gasteiger partial charge in [-0.3, -0.25) is 9.59 Å². The summed E-state index contributed by atoms with van der Waals surface area (Å²) < 4.78 is 5.11. The molecular formula is C26H28N4O4. The first-order valence-electron chi connectivity index (χ1n) is 11.6. The number of aromatic nitrogens is 1. The van der Waals surface area contributed by atoms with Gasteiger partial charge in [-0.15, -0.1) is 0 Å². The second kappa shape index (κ2) is 8.85. The predicted octanol–water partition coefficient (Wildman–Crippen LogP) is 3.38. The minimum absolute atomic E-state index is 0.0365. The second-order valence-corrected chi connectivity index (χ2v) is 8.73. The number of benzene rings is 2. The lowest BCUT2D eigenvalue weighted by Crippen LogP contribution is -2.54. The zero-order valence-corrected chi connectivity index (χ0v) is 19.4. The number of nitrogens with zero attached hydrogens (tertiary/aromatic N) is 3. The van der Waals surface area contributed by atoms with Gasteiger partial charge < -0.3 is 24.4 Å². The molecule has 8 nitrogen and oxygen atoms in total. The smallest absolute Gasteiger partial charge is 0.409 e. The predicted molar refractivity (Wildman–Crippen MR) is 127 cm³/mol. The fourth-order valence-electron chi connectivity index (χ4n) is 5.19. The van der Waals surface area contributed by atoms with E-state index in [9.17, 15) is 14.4 Å². The fourth-order valence-corrected chi connectivity index (χ4v) is 5.19. The van der Waals surface area contributed by atoms with Crippen molar-refractivity contribution in [3.05, 3.63) is 71.4 Å². The second-order valence-electron chi connectivity index (χ2n) is 8.73. The lowest BCUT2D eigenvalue weighted by atomic mass is 9.79. The van der Waals surface area contributed by atoms with Crippen molar-refractivity contribution in [2.75, 3.05) is 39.8 Å². The van der Waals surface area contributed by atoms with Crippen LogP contribution in [0.4, 0.5) is 4.79 Å². The van der Waals surface area contributed by atoms with Crippen molar-refractivity contribution < 1.29 is 19.1 Å². The Morgan fingerprint density at radius 3 is 2.41 bits per heavy atom. The Hall–Kier alpha value is -3.81. The van der Waals surface area contributed by atoms with Crippen LogP contribution in [-0.4, -0.2) is 77.4 Å². The van der Waals surface area contributed by atoms with Gasteiger partial charge in [-0.2, -0.15) is 0 Å². The number of H-pyrrole nitrogens is 1. The third-order valence-corrected chi connectivity index (χ3v) is 6.90. The summed E-state index contributed by atoms with van der Waals surface area (Å²) in [5, 5.41) is 0.997. The molecule has 1 saturated heterocycles. The van der Waals surface area contributed by atoms with Crippen LogP contribution in [0.1, 0.15) is 40.4 Å². The number of aromatic amines is 1. The Kier molecular flexibility index (Phi) is 5.73. The van der Waals surface area contributed by atoms with Crippen molar-refractivity contribution in [1.82, 2.24) is 19.7 Å². The first-order chi connectivity index (χ1) is 16.5. The van der Waals surface area contributed by atoms with Crippen LogP contribution < -0.4 is 0 Å². The number of ether oxygens (including phenoxy) is 1. The normalized spacial score (nSPS) is 20.4. The number of rotatable bonds is 3. The highest BCUT2D eigenvalue weighted by molar-refractivity contribution is 6.02. The van der Waals surface area contributed by atoms with E-state index in [0.29, 0.717) is 38.3 Å². The van der Waals surface area contributed by atoms with E-state index in [1.165, 1.54) is 0 Å². The minimum atomic E-state index is -0.549. The molecule has 8 heteroatoms. The zero-order valence-electron chi connectivity index (χ0n) is 19.4. The van der Waals surface area contributed by atoms with Crippen molar-refractivity contribution in [3.8, 4) is 0 Å². The van der Waals surface area contributed by atoms with Gasteiger partial charge in [0.25, 0.3) is 5.91 Å². The maximum Gasteiger partial charge on any atom is 0.409 e. The van der Waals surface area contributed by atoms with Crippen LogP contribution in [-0.2, 0) is 9.53 Å². The van der Waals surface area contributed by atoms with E-state index in [0.717, 1.165) is 22.0 Å². The minimum Gasteiger partial charge on any atom is -0.450 e. The van der Waals surface area contributed by atoms with Gasteiger partial charge in [0.15, 0.2) is 0 Å². The fraction of sp³-hybridized carbons (Fsp3) is 0.346. The van der Waals surface area contributed by atoms with Crippen molar-refractivity contribution in [2.24, 2.45) is 0 Å². The molecule has 3 amide bonds. The highest BCUT2D eigenvalue weighted by Crippen LogP contribution is 2.44. The molecule has 1 fully saturated rings. The van der Waals surface area contributed by atoms with E-state index >= 15 is 0 Å². The van der Waals surface area contributed by atoms with Crippen LogP contribution in [0.2, 0.25) is 0 Å². The number of amides is 3. The zero-order chi connectivity index (χ0) is 23.8. The van der Waals surface area contributed by atoms with Crippen LogP contribution in [0.3, 0.4) is 0 Å². The molecule has 34 heavy (non-hydrogen) atoms. The molecule has 0 aliphatic carbocycles. The standard InChI is InChI=1S/C26H28N4O4/c1-3-34-26(33)30-14-12-29(13-15-30)25(32)22-18-9-4-5-10-19(18)24(31)28(2)23(22)20-16-27-21-11-7-6-8-17(20)21/h4-11,16,22-23,27H,3,12-15H2,1-2H3. The molecule has 0 bridgehead atoms. The molecule has 1 N–H and O–H groups in total. The molecule has 1 aromatic heterocycles. The van der Waals surface area contributed by atoms with Gasteiger partial charge in [-0.1, -0.05) is 36.4 Å². The van der Waals surface area contributed by atoms with Crippen molar-refractivity contribution in [3.63, 3.8) is 0 Å². The summed E-state index contributed by atoms with van der Waals surface area (Å²) >= 11 is 0. The number of carbonyl (C=O) groups excluding carboxylic acids is 3. The highest BCUT2D eigenvalue weighted by Gasteiger charge is 2.45. The average Bonchev–Trinajstić information content (AvgIpc) is 3.30. The van der Waals surface area contributed by atoms with Crippen molar-refractivity contribution in [1.29, 1.82) is 0 Å². The molecule has 3 aromatic rings. The molecule has 2 atom stereocenters. The highest BCUT2D eigenvalue weighted by atomic mass is 16.6. The molecule has 0 spiro atoms. The maximum absolute atomic E-state index is 14.1. The van der Waals surface area contributed by atoms with Crippen LogP contribution >= 0.6 is 0 Å². The Bertz CT molecular complexity index is 1240. The number of carbonyl (C=O) groups is 3. The summed E-state index contributed by atoms with van der Waals surface area (Å²) in [7, 11) is 1.77. The molecule has 2 unspecified atom stereocenters. The Morgan fingerprint density at radius 2 is 1.65 bits per heavy atom. The summed E-state index contributed by atoms with van der Waals surface area (Å²) in [4.78, 5) is 47.9. The number of likely N-dealkylation sites (N-methyl/N-ethyl adjacent to an activating group) is 1. The van der Waals surface area contributed by atoms with Gasteiger partial charge in [0.05, 0.1) is 18.6 Å². The van der Waals surface area contributed by atoms with Gasteiger partial charge in [0.2, 0.25) is 5.91 Å². The summed E-state index contributed by atoms with van der Waals surface area (Å²) in [5.41, 5.74) is 3.19. The summed E-state index contributed by atoms with van der Waals surface area (Å²) in [5.74, 6) is -0.681. The number of para-hydroxylation sites is 1. The van der Waals surface area contributed by atoms with E-state index in [-0.39, 0.29) is 17.9 Å². The van der Waals surface area contributed by atoms with Gasteiger partial charge in [-0.25, -0.2) is 4.79 Å². The molecule has 2 aliphatic heterocycles. The topological polar surface area (TPSA) is 85.9 Å². The summed E-state index contributed by atoms with van der Waals surface area (Å²) in [6.07, 6.45) is 1.56. The van der Waals surface area contributed by atoms with Crippen LogP contribution in [0.15, 0.2) is 54.7 Å². The van der Waals surface area contributed by atoms with E-state index in [4.69, 9.17) is 4.74 Å². The van der Waals surface area contributed by atoms with Gasteiger partial charge in [0.1, 0.15) is 0 Å². The van der Waals surface area contributed by atoms with E-state index in [1.807, 2.05) is 53.6 Å². The third-order valence-electron chi connectivity index (χ3n) is 6.90. The monoisotopic (exact) mass is 460 g/mol. The molecule has 176 valence electrons. The van der Waals surface area contributed by atoms with Gasteiger partial charge in [0, 0.05) is 61.5 Å². The van der Waals surface area contributed by atoms with Gasteiger partial charge >= 0.3 is 6.09 Å². The van der Waals surface area contributed by atoms with Crippen LogP contribution in [0.5, 0.6) is 0 Å². The maximum atomic E-state index is 14.1. The van der Waals surface area contributed by atoms with Crippen LogP contribution in [0.25, 0.3) is 10.9 Å². The molecule has 2 aliphatic rings. The van der Waals surface area contributed by atoms with Gasteiger partial charge in [-0.05, 0) is 24.6 Å². The summed E-state index contributed by atoms with van der Waals surface area (Å²) in [6.45, 7) is 3.80. The first kappa shape index (κ1) is 22.0. The quantitative estimate of drug-likeness (QED) is 0.649.